The molecule has 0 saturated heterocycles. The number of furan rings is 1. The number of hydrogen-bond donors (Lipinski definition) is 1. The molecule has 0 saturated carbocycles. The molecule has 1 unspecified atom stereocenters. The maximum atomic E-state index is 13.5. The van der Waals surface area contributed by atoms with E-state index in [-0.39, 0.29) is 5.56 Å². The van der Waals surface area contributed by atoms with E-state index in [0.717, 1.165) is 5.56 Å². The lowest BCUT2D eigenvalue weighted by molar-refractivity contribution is 0.435. The molecule has 0 fully saturated rings. The Morgan fingerprint density at radius 2 is 1.83 bits per heavy atom. The Morgan fingerprint density at radius 3 is 2.63 bits per heavy atom. The van der Waals surface area contributed by atoms with Crippen LogP contribution in [0.4, 0.5) is 0 Å². The van der Waals surface area contributed by atoms with Gasteiger partial charge >= 0.3 is 0 Å². The standard InChI is InChI=1S/C25H13Cl2N5O3/c26-13-5-3-12(4-6-13)18-19-21(15-10-14(27)7-8-16(15)29-24(19)33)35-25-20(18)23-30-22(17-2-1-9-34-17)31-32(23)11-28-25/h1-11,18H,(H,29,33). The van der Waals surface area contributed by atoms with Crippen molar-refractivity contribution in [2.45, 2.75) is 5.92 Å². The minimum absolute atomic E-state index is 0.284. The van der Waals surface area contributed by atoms with E-state index in [0.29, 0.717) is 60.9 Å². The van der Waals surface area contributed by atoms with Gasteiger partial charge in [0.05, 0.1) is 28.8 Å². The van der Waals surface area contributed by atoms with Crippen molar-refractivity contribution >= 4 is 39.8 Å². The number of benzene rings is 2. The van der Waals surface area contributed by atoms with Crippen molar-refractivity contribution in [3.63, 3.8) is 0 Å². The molecule has 0 bridgehead atoms. The van der Waals surface area contributed by atoms with Gasteiger partial charge in [-0.05, 0) is 48.0 Å². The minimum Gasteiger partial charge on any atom is -0.461 e. The fourth-order valence-electron chi connectivity index (χ4n) is 4.56. The normalized spacial score (nSPS) is 14.6. The lowest BCUT2D eigenvalue weighted by atomic mass is 9.84. The second-order valence-electron chi connectivity index (χ2n) is 8.12. The zero-order valence-electron chi connectivity index (χ0n) is 17.7. The third-order valence-electron chi connectivity index (χ3n) is 6.07. The summed E-state index contributed by atoms with van der Waals surface area (Å²) in [5, 5.41) is 6.30. The number of hydrogen-bond acceptors (Lipinski definition) is 6. The first-order valence-corrected chi connectivity index (χ1v) is 11.4. The average Bonchev–Trinajstić information content (AvgIpc) is 3.54. The van der Waals surface area contributed by atoms with Crippen LogP contribution in [0.15, 0.2) is 76.4 Å². The van der Waals surface area contributed by atoms with Gasteiger partial charge in [-0.25, -0.2) is 14.5 Å². The van der Waals surface area contributed by atoms with Crippen LogP contribution in [0.5, 0.6) is 11.6 Å². The smallest absolute Gasteiger partial charge is 0.256 e. The summed E-state index contributed by atoms with van der Waals surface area (Å²) >= 11 is 12.5. The first kappa shape index (κ1) is 20.3. The van der Waals surface area contributed by atoms with E-state index in [4.69, 9.17) is 37.3 Å². The van der Waals surface area contributed by atoms with E-state index in [2.05, 4.69) is 15.1 Å². The lowest BCUT2D eigenvalue weighted by Crippen LogP contribution is -2.24. The van der Waals surface area contributed by atoms with Gasteiger partial charge in [0.2, 0.25) is 11.7 Å². The minimum atomic E-state index is -0.553. The molecule has 0 radical (unpaired) electrons. The summed E-state index contributed by atoms with van der Waals surface area (Å²) in [6.45, 7) is 0. The Hall–Kier alpha value is -4.14. The molecular weight excluding hydrogens is 489 g/mol. The quantitative estimate of drug-likeness (QED) is 0.320. The number of nitrogens with one attached hydrogen (secondary N) is 1. The molecule has 1 aliphatic heterocycles. The predicted molar refractivity (Wildman–Crippen MR) is 131 cm³/mol. The van der Waals surface area contributed by atoms with Crippen molar-refractivity contribution in [2.75, 3.05) is 0 Å². The van der Waals surface area contributed by atoms with Crippen molar-refractivity contribution in [2.24, 2.45) is 0 Å². The number of aromatic amines is 1. The molecule has 8 nitrogen and oxygen atoms in total. The van der Waals surface area contributed by atoms with E-state index in [9.17, 15) is 4.79 Å². The zero-order chi connectivity index (χ0) is 23.7. The van der Waals surface area contributed by atoms with Crippen LogP contribution >= 0.6 is 23.2 Å². The molecular formula is C25H13Cl2N5O3. The van der Waals surface area contributed by atoms with Gasteiger partial charge in [-0.15, -0.1) is 5.10 Å². The summed E-state index contributed by atoms with van der Waals surface area (Å²) in [5.41, 5.74) is 2.68. The Morgan fingerprint density at radius 1 is 1.00 bits per heavy atom. The van der Waals surface area contributed by atoms with Crippen LogP contribution in [0.2, 0.25) is 10.0 Å². The molecule has 7 rings (SSSR count). The third kappa shape index (κ3) is 3.07. The highest BCUT2D eigenvalue weighted by Crippen LogP contribution is 2.48. The lowest BCUT2D eigenvalue weighted by Gasteiger charge is -2.28. The van der Waals surface area contributed by atoms with Crippen molar-refractivity contribution in [3.8, 4) is 23.2 Å². The summed E-state index contributed by atoms with van der Waals surface area (Å²) in [4.78, 5) is 25.7. The molecule has 5 heterocycles. The van der Waals surface area contributed by atoms with Crippen LogP contribution in [0.25, 0.3) is 28.1 Å². The number of halogens is 2. The van der Waals surface area contributed by atoms with Crippen LogP contribution in [0.1, 0.15) is 22.6 Å². The molecule has 6 aromatic rings. The van der Waals surface area contributed by atoms with Gasteiger partial charge in [-0.3, -0.25) is 4.79 Å². The second kappa shape index (κ2) is 7.43. The van der Waals surface area contributed by atoms with Gasteiger partial charge in [-0.1, -0.05) is 35.3 Å². The number of pyridine rings is 1. The Bertz CT molecular complexity index is 1830. The van der Waals surface area contributed by atoms with Crippen molar-refractivity contribution in [3.05, 3.63) is 104 Å². The van der Waals surface area contributed by atoms with Gasteiger partial charge in [0.25, 0.3) is 5.56 Å². The highest BCUT2D eigenvalue weighted by Gasteiger charge is 2.37. The van der Waals surface area contributed by atoms with E-state index < -0.39 is 5.92 Å². The number of fused-ring (bicyclic) bond motifs is 6. The van der Waals surface area contributed by atoms with Gasteiger partial charge < -0.3 is 14.1 Å². The summed E-state index contributed by atoms with van der Waals surface area (Å²) in [5.74, 6) is 1.09. The molecule has 1 N–H and O–H groups in total. The average molecular weight is 502 g/mol. The molecule has 2 aromatic carbocycles. The van der Waals surface area contributed by atoms with Gasteiger partial charge in [-0.2, -0.15) is 0 Å². The summed E-state index contributed by atoms with van der Waals surface area (Å²) in [6.07, 6.45) is 3.08. The number of ether oxygens (including phenoxy) is 1. The summed E-state index contributed by atoms with van der Waals surface area (Å²) in [6, 6.07) is 16.1. The zero-order valence-corrected chi connectivity index (χ0v) is 19.2. The molecule has 4 aromatic heterocycles. The number of nitrogens with zero attached hydrogens (tertiary/aromatic N) is 4. The Kier molecular flexibility index (Phi) is 4.30. The van der Waals surface area contributed by atoms with Gasteiger partial charge in [0.1, 0.15) is 12.1 Å². The predicted octanol–water partition coefficient (Wildman–Crippen LogP) is 5.82. The van der Waals surface area contributed by atoms with Crippen molar-refractivity contribution in [1.29, 1.82) is 0 Å². The fraction of sp³-hybridized carbons (Fsp3) is 0.0400. The molecule has 0 aliphatic carbocycles. The molecule has 1 atom stereocenters. The topological polar surface area (TPSA) is 98.3 Å². The van der Waals surface area contributed by atoms with Crippen LogP contribution in [0.3, 0.4) is 0 Å². The second-order valence-corrected chi connectivity index (χ2v) is 8.99. The van der Waals surface area contributed by atoms with Crippen LogP contribution in [-0.2, 0) is 0 Å². The van der Waals surface area contributed by atoms with E-state index >= 15 is 0 Å². The van der Waals surface area contributed by atoms with E-state index in [1.54, 1.807) is 53.2 Å². The summed E-state index contributed by atoms with van der Waals surface area (Å²) in [7, 11) is 0. The molecule has 35 heavy (non-hydrogen) atoms. The molecule has 170 valence electrons. The molecule has 1 aliphatic rings. The van der Waals surface area contributed by atoms with Crippen LogP contribution < -0.4 is 10.3 Å². The van der Waals surface area contributed by atoms with Crippen LogP contribution in [-0.4, -0.2) is 24.6 Å². The highest BCUT2D eigenvalue weighted by atomic mass is 35.5. The number of rotatable bonds is 2. The molecule has 0 spiro atoms. The number of H-pyrrole nitrogens is 1. The maximum Gasteiger partial charge on any atom is 0.256 e. The SMILES string of the molecule is O=c1[nH]c2ccc(Cl)cc2c2c1C(c1ccc(Cl)cc1)c1c(ncn3nc(-c4ccco4)nc13)O2. The Balaban J connectivity index is 1.57. The monoisotopic (exact) mass is 501 g/mol. The molecule has 10 heteroatoms. The van der Waals surface area contributed by atoms with Gasteiger partial charge in [0.15, 0.2) is 11.4 Å². The van der Waals surface area contributed by atoms with Gasteiger partial charge in [0, 0.05) is 15.4 Å². The first-order chi connectivity index (χ1) is 17.1. The molecule has 0 amide bonds. The van der Waals surface area contributed by atoms with E-state index in [1.165, 1.54) is 6.33 Å². The summed E-state index contributed by atoms with van der Waals surface area (Å²) < 4.78 is 13.3. The largest absolute Gasteiger partial charge is 0.461 e. The Labute approximate surface area is 206 Å². The third-order valence-corrected chi connectivity index (χ3v) is 6.56. The number of aromatic nitrogens is 5. The maximum absolute atomic E-state index is 13.5. The van der Waals surface area contributed by atoms with Crippen molar-refractivity contribution < 1.29 is 9.15 Å². The highest BCUT2D eigenvalue weighted by molar-refractivity contribution is 6.31. The van der Waals surface area contributed by atoms with Crippen LogP contribution in [0, 0.1) is 0 Å². The van der Waals surface area contributed by atoms with E-state index in [1.807, 2.05) is 12.1 Å². The van der Waals surface area contributed by atoms with Crippen molar-refractivity contribution in [1.82, 2.24) is 24.6 Å². The fourth-order valence-corrected chi connectivity index (χ4v) is 4.85. The first-order valence-electron chi connectivity index (χ1n) is 10.6.